The highest BCUT2D eigenvalue weighted by molar-refractivity contribution is 5.77. The van der Waals surface area contributed by atoms with Gasteiger partial charge in [-0.3, -0.25) is 4.79 Å². The smallest absolute Gasteiger partial charge is 0.222 e. The molecule has 9 atom stereocenters. The third kappa shape index (κ3) is 4.87. The van der Waals surface area contributed by atoms with Crippen LogP contribution in [0.25, 0.3) is 0 Å². The second kappa shape index (κ2) is 11.2. The van der Waals surface area contributed by atoms with Crippen molar-refractivity contribution in [1.29, 1.82) is 0 Å². The van der Waals surface area contributed by atoms with Crippen molar-refractivity contribution in [1.82, 2.24) is 4.90 Å². The highest BCUT2D eigenvalue weighted by Crippen LogP contribution is 2.68. The Balaban J connectivity index is 0.00000158. The molecule has 1 saturated heterocycles. The van der Waals surface area contributed by atoms with Crippen LogP contribution in [0.1, 0.15) is 132 Å². The Bertz CT molecular complexity index is 672. The summed E-state index contributed by atoms with van der Waals surface area (Å²) in [4.78, 5) is 14.8. The number of rotatable bonds is 7. The minimum atomic E-state index is 0.347. The average Bonchev–Trinajstić information content (AvgIpc) is 3.16. The average molecular weight is 474 g/mol. The van der Waals surface area contributed by atoms with Crippen molar-refractivity contribution < 1.29 is 4.79 Å². The maximum absolute atomic E-state index is 12.6. The SMILES string of the molecule is CC.CCC[C@H]1CC2N(C)C(=O)CC[C@]2(C)C2CCC3(C)C(C(C)CCCC(C)C)CCC3C21. The molecule has 4 aliphatic rings. The van der Waals surface area contributed by atoms with Gasteiger partial charge in [0.1, 0.15) is 0 Å². The summed E-state index contributed by atoms with van der Waals surface area (Å²) >= 11 is 0. The molecule has 4 rings (SSSR count). The molecule has 0 aromatic carbocycles. The van der Waals surface area contributed by atoms with Gasteiger partial charge in [-0.2, -0.15) is 0 Å². The largest absolute Gasteiger partial charge is 0.342 e. The molecule has 34 heavy (non-hydrogen) atoms. The normalized spacial score (nSPS) is 42.4. The molecule has 0 bridgehead atoms. The van der Waals surface area contributed by atoms with E-state index in [-0.39, 0.29) is 0 Å². The van der Waals surface area contributed by atoms with Crippen molar-refractivity contribution in [3.05, 3.63) is 0 Å². The molecule has 3 saturated carbocycles. The monoisotopic (exact) mass is 473 g/mol. The van der Waals surface area contributed by atoms with Crippen molar-refractivity contribution in [2.75, 3.05) is 7.05 Å². The molecule has 0 aromatic heterocycles. The number of amides is 1. The lowest BCUT2D eigenvalue weighted by molar-refractivity contribution is -0.169. The van der Waals surface area contributed by atoms with Crippen molar-refractivity contribution in [3.8, 4) is 0 Å². The number of piperidine rings is 1. The Morgan fingerprint density at radius 1 is 0.971 bits per heavy atom. The van der Waals surface area contributed by atoms with Gasteiger partial charge in [-0.1, -0.05) is 87.5 Å². The Morgan fingerprint density at radius 2 is 1.65 bits per heavy atom. The highest BCUT2D eigenvalue weighted by Gasteiger charge is 2.63. The van der Waals surface area contributed by atoms with Crippen LogP contribution in [0.2, 0.25) is 0 Å². The van der Waals surface area contributed by atoms with Gasteiger partial charge < -0.3 is 4.90 Å². The fourth-order valence-corrected chi connectivity index (χ4v) is 9.97. The number of carbonyl (C=O) groups excluding carboxylic acids is 1. The van der Waals surface area contributed by atoms with Crippen LogP contribution in [0.3, 0.4) is 0 Å². The first-order valence-corrected chi connectivity index (χ1v) is 15.4. The lowest BCUT2D eigenvalue weighted by atomic mass is 9.43. The molecule has 1 amide bonds. The van der Waals surface area contributed by atoms with Crippen LogP contribution in [0, 0.1) is 52.3 Å². The first-order valence-electron chi connectivity index (χ1n) is 15.4. The molecular formula is C32H59NO. The van der Waals surface area contributed by atoms with E-state index in [4.69, 9.17) is 0 Å². The van der Waals surface area contributed by atoms with Crippen molar-refractivity contribution in [3.63, 3.8) is 0 Å². The predicted molar refractivity (Wildman–Crippen MR) is 147 cm³/mol. The molecular weight excluding hydrogens is 414 g/mol. The second-order valence-corrected chi connectivity index (χ2v) is 13.6. The fourth-order valence-electron chi connectivity index (χ4n) is 9.97. The zero-order valence-electron chi connectivity index (χ0n) is 24.5. The number of hydrogen-bond acceptors (Lipinski definition) is 1. The lowest BCUT2D eigenvalue weighted by Gasteiger charge is -2.64. The van der Waals surface area contributed by atoms with Crippen LogP contribution in [0.4, 0.5) is 0 Å². The summed E-state index contributed by atoms with van der Waals surface area (Å²) in [5.41, 5.74) is 0.907. The van der Waals surface area contributed by atoms with Gasteiger partial charge in [-0.25, -0.2) is 0 Å². The van der Waals surface area contributed by atoms with E-state index in [1.807, 2.05) is 13.8 Å². The van der Waals surface area contributed by atoms with E-state index in [0.717, 1.165) is 54.3 Å². The Hall–Kier alpha value is -0.530. The van der Waals surface area contributed by atoms with Gasteiger partial charge in [-0.15, -0.1) is 0 Å². The van der Waals surface area contributed by atoms with Gasteiger partial charge in [0.05, 0.1) is 0 Å². The van der Waals surface area contributed by atoms with Crippen molar-refractivity contribution in [2.45, 2.75) is 138 Å². The molecule has 4 fully saturated rings. The molecule has 1 heterocycles. The fraction of sp³-hybridized carbons (Fsp3) is 0.969. The summed E-state index contributed by atoms with van der Waals surface area (Å²) in [6.07, 6.45) is 15.9. The molecule has 1 aliphatic heterocycles. The first-order chi connectivity index (χ1) is 16.1. The Kier molecular flexibility index (Phi) is 9.28. The molecule has 0 N–H and O–H groups in total. The van der Waals surface area contributed by atoms with Crippen molar-refractivity contribution in [2.24, 2.45) is 52.3 Å². The molecule has 3 aliphatic carbocycles. The standard InChI is InChI=1S/C30H53NO.C2H6/c1-8-10-22-19-26-30(6,18-16-27(32)31(26)7)25-15-17-29(5)23(13-14-24(29)28(22)25)21(4)12-9-11-20(2)3;1-2/h20-26,28H,8-19H2,1-7H3;1-2H3/t21?,22-,23?,24?,25?,26?,28?,29?,30+;/m0./s1. The third-order valence-electron chi connectivity index (χ3n) is 11.6. The van der Waals surface area contributed by atoms with Crippen LogP contribution in [0.15, 0.2) is 0 Å². The van der Waals surface area contributed by atoms with Gasteiger partial charge in [0.25, 0.3) is 0 Å². The zero-order chi connectivity index (χ0) is 25.3. The molecule has 198 valence electrons. The van der Waals surface area contributed by atoms with Gasteiger partial charge in [0.2, 0.25) is 5.91 Å². The number of likely N-dealkylation sites (tertiary alicyclic amines) is 1. The number of hydrogen-bond donors (Lipinski definition) is 0. The molecule has 2 heteroatoms. The Morgan fingerprint density at radius 3 is 2.29 bits per heavy atom. The van der Waals surface area contributed by atoms with Crippen LogP contribution in [-0.4, -0.2) is 23.9 Å². The van der Waals surface area contributed by atoms with E-state index < -0.39 is 0 Å². The molecule has 7 unspecified atom stereocenters. The number of nitrogens with zero attached hydrogens (tertiary/aromatic N) is 1. The summed E-state index contributed by atoms with van der Waals surface area (Å²) in [5, 5.41) is 0. The summed E-state index contributed by atoms with van der Waals surface area (Å²) in [7, 11) is 2.12. The predicted octanol–water partition coefficient (Wildman–Crippen LogP) is 8.98. The molecule has 0 radical (unpaired) electrons. The van der Waals surface area contributed by atoms with E-state index >= 15 is 0 Å². The minimum Gasteiger partial charge on any atom is -0.342 e. The molecule has 0 aromatic rings. The van der Waals surface area contributed by atoms with E-state index in [9.17, 15) is 4.79 Å². The summed E-state index contributed by atoms with van der Waals surface area (Å²) < 4.78 is 0. The lowest BCUT2D eigenvalue weighted by Crippen LogP contribution is -2.63. The summed E-state index contributed by atoms with van der Waals surface area (Å²) in [5.74, 6) is 6.56. The topological polar surface area (TPSA) is 20.3 Å². The third-order valence-corrected chi connectivity index (χ3v) is 11.6. The quantitative estimate of drug-likeness (QED) is 0.361. The van der Waals surface area contributed by atoms with Crippen LogP contribution < -0.4 is 0 Å². The van der Waals surface area contributed by atoms with Crippen LogP contribution >= 0.6 is 0 Å². The van der Waals surface area contributed by atoms with Crippen LogP contribution in [0.5, 0.6) is 0 Å². The second-order valence-electron chi connectivity index (χ2n) is 13.6. The van der Waals surface area contributed by atoms with Gasteiger partial charge in [-0.05, 0) is 90.8 Å². The van der Waals surface area contributed by atoms with E-state index in [1.54, 1.807) is 0 Å². The van der Waals surface area contributed by atoms with E-state index in [0.29, 0.717) is 22.8 Å². The number of fused-ring (bicyclic) bond motifs is 5. The summed E-state index contributed by atoms with van der Waals surface area (Å²) in [6.45, 7) is 19.0. The van der Waals surface area contributed by atoms with Gasteiger partial charge in [0.15, 0.2) is 0 Å². The zero-order valence-corrected chi connectivity index (χ0v) is 24.5. The van der Waals surface area contributed by atoms with E-state index in [1.165, 1.54) is 64.2 Å². The first kappa shape index (κ1) is 28.0. The minimum absolute atomic E-state index is 0.347. The highest BCUT2D eigenvalue weighted by atomic mass is 16.2. The molecule has 0 spiro atoms. The molecule has 2 nitrogen and oxygen atoms in total. The van der Waals surface area contributed by atoms with Gasteiger partial charge >= 0.3 is 0 Å². The summed E-state index contributed by atoms with van der Waals surface area (Å²) in [6, 6.07) is 0.484. The maximum atomic E-state index is 12.6. The maximum Gasteiger partial charge on any atom is 0.222 e. The van der Waals surface area contributed by atoms with Crippen LogP contribution in [-0.2, 0) is 4.79 Å². The van der Waals surface area contributed by atoms with Crippen molar-refractivity contribution >= 4 is 5.91 Å². The Labute approximate surface area is 213 Å². The number of carbonyl (C=O) groups is 1. The van der Waals surface area contributed by atoms with E-state index in [2.05, 4.69) is 53.5 Å². The van der Waals surface area contributed by atoms with Gasteiger partial charge in [0, 0.05) is 19.5 Å².